The molecule has 0 saturated carbocycles. The fraction of sp³-hybridized carbons (Fsp3) is 0.147. The molecule has 1 amide bonds. The summed E-state index contributed by atoms with van der Waals surface area (Å²) in [4.78, 5) is 27.7. The van der Waals surface area contributed by atoms with Gasteiger partial charge >= 0.3 is 0 Å². The summed E-state index contributed by atoms with van der Waals surface area (Å²) in [5.41, 5.74) is 5.05. The fourth-order valence-corrected chi connectivity index (χ4v) is 5.16. The van der Waals surface area contributed by atoms with Crippen molar-refractivity contribution in [3.8, 4) is 33.8 Å². The molecule has 6 rings (SSSR count). The lowest BCUT2D eigenvalue weighted by Gasteiger charge is -2.20. The van der Waals surface area contributed by atoms with E-state index in [0.717, 1.165) is 33.1 Å². The molecule has 2 aliphatic rings. The summed E-state index contributed by atoms with van der Waals surface area (Å²) in [7, 11) is 7.76. The third kappa shape index (κ3) is 5.83. The van der Waals surface area contributed by atoms with Gasteiger partial charge in [0, 0.05) is 71.7 Å². The van der Waals surface area contributed by atoms with Crippen LogP contribution in [0.5, 0.6) is 0 Å². The summed E-state index contributed by atoms with van der Waals surface area (Å²) < 4.78 is 8.33. The van der Waals surface area contributed by atoms with E-state index >= 15 is 0 Å². The number of aromatic nitrogens is 4. The number of fused-ring (bicyclic) bond motifs is 2. The molecule has 0 saturated heterocycles. The van der Waals surface area contributed by atoms with E-state index in [-0.39, 0.29) is 17.7 Å². The second-order valence-corrected chi connectivity index (χ2v) is 10.9. The molecule has 0 spiro atoms. The Morgan fingerprint density at radius 3 is 2.31 bits per heavy atom. The van der Waals surface area contributed by atoms with Gasteiger partial charge in [-0.2, -0.15) is 0 Å². The molecular formula is C34H29N7O4. The van der Waals surface area contributed by atoms with Crippen molar-refractivity contribution < 1.29 is 19.1 Å². The molecule has 3 aromatic carbocycles. The van der Waals surface area contributed by atoms with Crippen LogP contribution in [0.15, 0.2) is 89.6 Å². The van der Waals surface area contributed by atoms with Crippen LogP contribution in [-0.4, -0.2) is 60.5 Å². The van der Waals surface area contributed by atoms with Crippen LogP contribution in [0.3, 0.4) is 0 Å². The number of nitrogens with zero attached hydrogens (tertiary/aromatic N) is 6. The number of hydrogen-bond acceptors (Lipinski definition) is 9. The summed E-state index contributed by atoms with van der Waals surface area (Å²) in [5, 5.41) is 32.4. The fourth-order valence-electron chi connectivity index (χ4n) is 5.16. The van der Waals surface area contributed by atoms with Crippen molar-refractivity contribution in [2.45, 2.75) is 6.54 Å². The van der Waals surface area contributed by atoms with E-state index < -0.39 is 11.9 Å². The predicted octanol–water partition coefficient (Wildman–Crippen LogP) is 2.84. The highest BCUT2D eigenvalue weighted by Crippen LogP contribution is 2.42. The molecule has 4 aromatic rings. The highest BCUT2D eigenvalue weighted by Gasteiger charge is 2.22. The van der Waals surface area contributed by atoms with E-state index in [1.165, 1.54) is 12.4 Å². The summed E-state index contributed by atoms with van der Waals surface area (Å²) in [6, 6.07) is 23.5. The third-order valence-electron chi connectivity index (χ3n) is 7.57. The Hall–Kier alpha value is -5.97. The number of anilines is 1. The van der Waals surface area contributed by atoms with Crippen LogP contribution in [0.2, 0.25) is 0 Å². The number of rotatable bonds is 7. The van der Waals surface area contributed by atoms with Crippen molar-refractivity contribution in [3.63, 3.8) is 0 Å². The molecule has 1 N–H and O–H groups in total. The Balaban J connectivity index is 1.37. The minimum atomic E-state index is -1.39. The Labute approximate surface area is 258 Å². The molecule has 45 heavy (non-hydrogen) atoms. The topological polar surface area (TPSA) is 140 Å². The largest absolute Gasteiger partial charge is 0.545 e. The Morgan fingerprint density at radius 1 is 0.889 bits per heavy atom. The molecule has 1 aliphatic carbocycles. The zero-order valence-electron chi connectivity index (χ0n) is 25.1. The van der Waals surface area contributed by atoms with E-state index in [2.05, 4.69) is 25.7 Å². The number of carbonyl (C=O) groups is 2. The van der Waals surface area contributed by atoms with Crippen molar-refractivity contribution in [1.29, 1.82) is 0 Å². The molecule has 0 unspecified atom stereocenters. The molecule has 0 fully saturated rings. The Morgan fingerprint density at radius 2 is 1.62 bits per heavy atom. The monoisotopic (exact) mass is 599 g/mol. The first-order chi connectivity index (χ1) is 21.7. The second-order valence-electron chi connectivity index (χ2n) is 10.9. The molecule has 224 valence electrons. The zero-order valence-corrected chi connectivity index (χ0v) is 25.1. The molecule has 0 bridgehead atoms. The third-order valence-corrected chi connectivity index (χ3v) is 7.57. The molecule has 1 aliphatic heterocycles. The summed E-state index contributed by atoms with van der Waals surface area (Å²) in [6.07, 6.45) is 1.26. The van der Waals surface area contributed by atoms with Gasteiger partial charge in [-0.05, 0) is 41.5 Å². The van der Waals surface area contributed by atoms with E-state index in [1.807, 2.05) is 98.3 Å². The van der Waals surface area contributed by atoms with Crippen molar-refractivity contribution in [2.75, 3.05) is 33.1 Å². The van der Waals surface area contributed by atoms with Gasteiger partial charge in [-0.25, -0.2) is 4.58 Å². The van der Waals surface area contributed by atoms with Gasteiger partial charge in [0.1, 0.15) is 25.4 Å². The van der Waals surface area contributed by atoms with Crippen LogP contribution in [-0.2, 0) is 6.54 Å². The standard InChI is InChI=1S/C34H29N7O4/c1-40(2)23-10-13-26-29(16-23)45-30-17-24(41(3)4)11-14-27(30)31(26)25-12-9-22(15-28(25)34(43)44)33(42)35-18-20-5-7-21(8-6-20)32-38-36-19-37-39-32/h5-17,19H,18H2,1-4H3,(H-,35,42,43,44). The molecule has 11 nitrogen and oxygen atoms in total. The lowest BCUT2D eigenvalue weighted by molar-refractivity contribution is -0.254. The van der Waals surface area contributed by atoms with Gasteiger partial charge in [0.2, 0.25) is 11.2 Å². The summed E-state index contributed by atoms with van der Waals surface area (Å²) >= 11 is 0. The van der Waals surface area contributed by atoms with E-state index in [0.29, 0.717) is 28.3 Å². The number of nitrogens with one attached hydrogen (secondary N) is 1. The first-order valence-electron chi connectivity index (χ1n) is 14.1. The van der Waals surface area contributed by atoms with Crippen LogP contribution >= 0.6 is 0 Å². The van der Waals surface area contributed by atoms with E-state index in [9.17, 15) is 14.7 Å². The maximum Gasteiger partial charge on any atom is 0.251 e. The van der Waals surface area contributed by atoms with Gasteiger partial charge in [0.05, 0.1) is 12.0 Å². The van der Waals surface area contributed by atoms with E-state index in [4.69, 9.17) is 4.42 Å². The van der Waals surface area contributed by atoms with Crippen LogP contribution in [0.4, 0.5) is 5.69 Å². The number of carboxylic acids is 1. The van der Waals surface area contributed by atoms with Gasteiger partial charge in [0.25, 0.3) is 5.91 Å². The number of benzene rings is 4. The van der Waals surface area contributed by atoms with Crippen LogP contribution in [0.1, 0.15) is 26.3 Å². The van der Waals surface area contributed by atoms with Crippen molar-refractivity contribution in [1.82, 2.24) is 30.3 Å². The quantitative estimate of drug-likeness (QED) is 0.217. The first kappa shape index (κ1) is 29.1. The van der Waals surface area contributed by atoms with Gasteiger partial charge in [-0.3, -0.25) is 4.79 Å². The number of aromatic carboxylic acids is 1. The minimum Gasteiger partial charge on any atom is -0.545 e. The molecule has 11 heteroatoms. The van der Waals surface area contributed by atoms with E-state index in [1.54, 1.807) is 12.1 Å². The van der Waals surface area contributed by atoms with Crippen LogP contribution < -0.4 is 25.3 Å². The van der Waals surface area contributed by atoms with Gasteiger partial charge in [-0.1, -0.05) is 30.3 Å². The summed E-state index contributed by atoms with van der Waals surface area (Å²) in [6.45, 7) is 0.228. The van der Waals surface area contributed by atoms with Crippen molar-refractivity contribution in [3.05, 3.63) is 107 Å². The van der Waals surface area contributed by atoms with Crippen LogP contribution in [0.25, 0.3) is 44.8 Å². The molecular weight excluding hydrogens is 570 g/mol. The molecule has 2 heterocycles. The number of carbonyl (C=O) groups excluding carboxylic acids is 2. The molecule has 1 aromatic heterocycles. The summed E-state index contributed by atoms with van der Waals surface area (Å²) in [5.74, 6) is -0.814. The number of amides is 1. The first-order valence-corrected chi connectivity index (χ1v) is 14.1. The zero-order chi connectivity index (χ0) is 31.7. The average molecular weight is 600 g/mol. The lowest BCUT2D eigenvalue weighted by Crippen LogP contribution is -2.26. The predicted molar refractivity (Wildman–Crippen MR) is 168 cm³/mol. The number of carboxylic acid groups (broad SMARTS) is 1. The molecule has 0 radical (unpaired) electrons. The van der Waals surface area contributed by atoms with Gasteiger partial charge in [0.15, 0.2) is 6.33 Å². The van der Waals surface area contributed by atoms with Crippen molar-refractivity contribution in [2.24, 2.45) is 0 Å². The SMILES string of the molecule is CN(C)c1ccc2c(-c3ccc(C(=O)NCc4ccc(-c5nncnn5)cc4)cc3C(=O)[O-])c3ccc(=[N+](C)C)cc-3oc2c1. The minimum absolute atomic E-state index is 0.0979. The lowest BCUT2D eigenvalue weighted by atomic mass is 9.89. The highest BCUT2D eigenvalue weighted by molar-refractivity contribution is 6.09. The average Bonchev–Trinajstić information content (AvgIpc) is 3.05. The van der Waals surface area contributed by atoms with Crippen molar-refractivity contribution >= 4 is 28.5 Å². The smallest absolute Gasteiger partial charge is 0.251 e. The Bertz CT molecular complexity index is 2100. The Kier molecular flexibility index (Phi) is 7.74. The van der Waals surface area contributed by atoms with Gasteiger partial charge in [-0.15, -0.1) is 20.4 Å². The molecule has 0 atom stereocenters. The van der Waals surface area contributed by atoms with Crippen LogP contribution in [0, 0.1) is 0 Å². The maximum atomic E-state index is 13.2. The van der Waals surface area contributed by atoms with Gasteiger partial charge < -0.3 is 24.5 Å². The maximum absolute atomic E-state index is 13.2. The normalized spacial score (nSPS) is 11.0. The number of hydrogen-bond donors (Lipinski definition) is 1. The highest BCUT2D eigenvalue weighted by atomic mass is 16.4. The second kappa shape index (κ2) is 12.0.